The fourth-order valence-corrected chi connectivity index (χ4v) is 0.679. The highest BCUT2D eigenvalue weighted by Gasteiger charge is 2.49. The number of hydrogen-bond donors (Lipinski definition) is 0. The molecule has 6 heavy (non-hydrogen) atoms. The molecule has 35 valence electrons. The van der Waals surface area contributed by atoms with Gasteiger partial charge in [-0.3, -0.25) is 0 Å². The molecule has 0 heterocycles. The highest BCUT2D eigenvalue weighted by atomic mass is 35.5. The average Bonchev–Trinajstić information content (AvgIpc) is 1.73. The van der Waals surface area contributed by atoms with E-state index in [0.29, 0.717) is 6.42 Å². The van der Waals surface area contributed by atoms with Crippen molar-refractivity contribution in [2.24, 2.45) is 0 Å². The molecule has 1 aliphatic rings. The van der Waals surface area contributed by atoms with Gasteiger partial charge < -0.3 is 0 Å². The van der Waals surface area contributed by atoms with Crippen LogP contribution in [-0.4, -0.2) is 10.4 Å². The van der Waals surface area contributed by atoms with Crippen molar-refractivity contribution in [3.05, 3.63) is 0 Å². The molecule has 0 aromatic rings. The largest absolute Gasteiger partial charge is 0.234 e. The Hall–Kier alpha value is 0.540. The molecule has 1 radical (unpaired) electrons. The van der Waals surface area contributed by atoms with E-state index in [4.69, 9.17) is 28.9 Å². The van der Waals surface area contributed by atoms with Crippen LogP contribution in [0.4, 0.5) is 0 Å². The summed E-state index contributed by atoms with van der Waals surface area (Å²) >= 11 is 10.7. The maximum atomic E-state index is 6.89. The van der Waals surface area contributed by atoms with Crippen LogP contribution in [0.3, 0.4) is 0 Å². The molecule has 0 aliphatic heterocycles. The van der Waals surface area contributed by atoms with Crippen molar-refractivity contribution in [1.29, 1.82) is 0 Å². The van der Waals surface area contributed by atoms with E-state index in [1.807, 2.05) is 0 Å². The second-order valence-electron chi connectivity index (χ2n) is 1.53. The van der Waals surface area contributed by atoms with Crippen LogP contribution in [0.2, 0.25) is 0 Å². The summed E-state index contributed by atoms with van der Waals surface area (Å²) in [4.78, 5) is -0.804. The molecule has 1 rings (SSSR count). The first kappa shape index (κ1) is 4.69. The number of alkyl halides is 2. The minimum atomic E-state index is -0.804. The standard InChI is InChI=1S/C3H4Cl2N/c4-2-1-3(2,5)6/h2,6H,1H2. The maximum absolute atomic E-state index is 6.89. The smallest absolute Gasteiger partial charge is 0.124 e. The molecule has 1 fully saturated rings. The fraction of sp³-hybridized carbons (Fsp3) is 1.00. The first-order valence-corrected chi connectivity index (χ1v) is 2.52. The molecular formula is C3H4Cl2N. The highest BCUT2D eigenvalue weighted by Crippen LogP contribution is 2.43. The van der Waals surface area contributed by atoms with Crippen molar-refractivity contribution in [1.82, 2.24) is 5.73 Å². The first-order valence-electron chi connectivity index (χ1n) is 1.71. The lowest BCUT2D eigenvalue weighted by Crippen LogP contribution is -2.00. The van der Waals surface area contributed by atoms with Crippen LogP contribution in [0.15, 0.2) is 0 Å². The molecule has 0 spiro atoms. The Morgan fingerprint density at radius 2 is 2.00 bits per heavy atom. The van der Waals surface area contributed by atoms with Crippen LogP contribution in [0.1, 0.15) is 6.42 Å². The summed E-state index contributed by atoms with van der Waals surface area (Å²) < 4.78 is 0. The van der Waals surface area contributed by atoms with Gasteiger partial charge in [0.1, 0.15) is 5.00 Å². The van der Waals surface area contributed by atoms with Crippen LogP contribution in [0.5, 0.6) is 0 Å². The van der Waals surface area contributed by atoms with E-state index >= 15 is 0 Å². The third kappa shape index (κ3) is 0.625. The summed E-state index contributed by atoms with van der Waals surface area (Å²) in [5, 5.41) is -0.0980. The van der Waals surface area contributed by atoms with E-state index in [9.17, 15) is 0 Å². The number of hydrogen-bond acceptors (Lipinski definition) is 0. The van der Waals surface area contributed by atoms with Crippen LogP contribution in [0.25, 0.3) is 0 Å². The van der Waals surface area contributed by atoms with E-state index in [-0.39, 0.29) is 5.38 Å². The van der Waals surface area contributed by atoms with Crippen molar-refractivity contribution in [2.45, 2.75) is 16.8 Å². The summed E-state index contributed by atoms with van der Waals surface area (Å²) in [5.74, 6) is 0. The van der Waals surface area contributed by atoms with Gasteiger partial charge in [0.2, 0.25) is 0 Å². The summed E-state index contributed by atoms with van der Waals surface area (Å²) in [6.45, 7) is 0. The van der Waals surface area contributed by atoms with Gasteiger partial charge in [-0.1, -0.05) is 11.6 Å². The zero-order chi connectivity index (χ0) is 4.78. The lowest BCUT2D eigenvalue weighted by Gasteiger charge is -1.86. The van der Waals surface area contributed by atoms with E-state index in [1.165, 1.54) is 0 Å². The first-order chi connectivity index (χ1) is 2.63. The van der Waals surface area contributed by atoms with Gasteiger partial charge in [-0.25, -0.2) is 5.73 Å². The normalized spacial score (nSPS) is 55.5. The Balaban J connectivity index is 2.41. The van der Waals surface area contributed by atoms with E-state index in [1.54, 1.807) is 0 Å². The van der Waals surface area contributed by atoms with Gasteiger partial charge in [0.05, 0.1) is 5.38 Å². The maximum Gasteiger partial charge on any atom is 0.124 e. The molecule has 0 bridgehead atoms. The van der Waals surface area contributed by atoms with Crippen LogP contribution < -0.4 is 5.73 Å². The number of nitrogens with one attached hydrogen (secondary N) is 1. The van der Waals surface area contributed by atoms with Crippen LogP contribution >= 0.6 is 23.2 Å². The minimum absolute atomic E-state index is 0.0980. The molecule has 2 unspecified atom stereocenters. The van der Waals surface area contributed by atoms with Gasteiger partial charge in [0.25, 0.3) is 0 Å². The van der Waals surface area contributed by atoms with Gasteiger partial charge in [-0.05, 0) is 0 Å². The van der Waals surface area contributed by atoms with Crippen molar-refractivity contribution >= 4 is 23.2 Å². The van der Waals surface area contributed by atoms with Gasteiger partial charge in [0.15, 0.2) is 0 Å². The molecule has 2 atom stereocenters. The summed E-state index contributed by atoms with van der Waals surface area (Å²) in [6, 6.07) is 0. The van der Waals surface area contributed by atoms with Gasteiger partial charge in [-0.2, -0.15) is 0 Å². The molecule has 0 aromatic heterocycles. The lowest BCUT2D eigenvalue weighted by atomic mass is 10.8. The van der Waals surface area contributed by atoms with E-state index in [0.717, 1.165) is 0 Å². The zero-order valence-corrected chi connectivity index (χ0v) is 4.55. The van der Waals surface area contributed by atoms with Crippen LogP contribution in [0, 0.1) is 0 Å². The number of rotatable bonds is 0. The summed E-state index contributed by atoms with van der Waals surface area (Å²) in [5.41, 5.74) is 6.89. The lowest BCUT2D eigenvalue weighted by molar-refractivity contribution is 0.928. The Bertz CT molecular complexity index is 71.2. The molecule has 3 heteroatoms. The topological polar surface area (TPSA) is 23.8 Å². The van der Waals surface area contributed by atoms with E-state index in [2.05, 4.69) is 0 Å². The predicted octanol–water partition coefficient (Wildman–Crippen LogP) is 1.22. The van der Waals surface area contributed by atoms with Crippen molar-refractivity contribution in [3.63, 3.8) is 0 Å². The van der Waals surface area contributed by atoms with Crippen molar-refractivity contribution in [2.75, 3.05) is 0 Å². The highest BCUT2D eigenvalue weighted by molar-refractivity contribution is 6.36. The molecule has 0 aromatic carbocycles. The minimum Gasteiger partial charge on any atom is -0.234 e. The van der Waals surface area contributed by atoms with E-state index < -0.39 is 5.00 Å². The van der Waals surface area contributed by atoms with Gasteiger partial charge in [-0.15, -0.1) is 11.6 Å². The zero-order valence-electron chi connectivity index (χ0n) is 3.04. The molecular weight excluding hydrogens is 121 g/mol. The van der Waals surface area contributed by atoms with Crippen LogP contribution in [-0.2, 0) is 0 Å². The molecule has 1 saturated carbocycles. The monoisotopic (exact) mass is 124 g/mol. The fourth-order valence-electron chi connectivity index (χ4n) is 0.202. The SMILES string of the molecule is [NH]C1(Cl)CC1Cl. The summed E-state index contributed by atoms with van der Waals surface area (Å²) in [6.07, 6.45) is 0.635. The summed E-state index contributed by atoms with van der Waals surface area (Å²) in [7, 11) is 0. The molecule has 1 nitrogen and oxygen atoms in total. The Morgan fingerprint density at radius 3 is 2.00 bits per heavy atom. The van der Waals surface area contributed by atoms with Crippen molar-refractivity contribution in [3.8, 4) is 0 Å². The Labute approximate surface area is 46.4 Å². The Morgan fingerprint density at radius 1 is 1.83 bits per heavy atom. The molecule has 0 saturated heterocycles. The molecule has 1 aliphatic carbocycles. The molecule has 1 N–H and O–H groups in total. The second kappa shape index (κ2) is 1.03. The molecule has 0 amide bonds. The third-order valence-electron chi connectivity index (χ3n) is 0.813. The second-order valence-corrected chi connectivity index (χ2v) is 2.74. The van der Waals surface area contributed by atoms with Gasteiger partial charge in [0, 0.05) is 6.42 Å². The Kier molecular flexibility index (Phi) is 0.804. The van der Waals surface area contributed by atoms with Gasteiger partial charge >= 0.3 is 0 Å². The predicted molar refractivity (Wildman–Crippen MR) is 25.9 cm³/mol. The van der Waals surface area contributed by atoms with Crippen molar-refractivity contribution < 1.29 is 0 Å². The quantitative estimate of drug-likeness (QED) is 0.343. The number of halogens is 2. The third-order valence-corrected chi connectivity index (χ3v) is 1.87. The average molecular weight is 125 g/mol.